The number of aliphatic hydroxyl groups excluding tert-OH is 5. The van der Waals surface area contributed by atoms with Crippen molar-refractivity contribution in [1.29, 1.82) is 0 Å². The summed E-state index contributed by atoms with van der Waals surface area (Å²) in [4.78, 5) is 41.6. The maximum atomic E-state index is 14.3. The van der Waals surface area contributed by atoms with Crippen LogP contribution < -0.4 is 18.7 Å². The van der Waals surface area contributed by atoms with Crippen molar-refractivity contribution in [2.45, 2.75) is 62.4 Å². The number of hydrogen-bond acceptors (Lipinski definition) is 14. The number of ether oxygens (including phenoxy) is 5. The molecule has 0 radical (unpaired) electrons. The smallest absolute Gasteiger partial charge is 0.493 e. The Morgan fingerprint density at radius 1 is 1.00 bits per heavy atom. The number of methoxy groups -OCH3 is 2. The number of nitrogens with zero attached hydrogens (tertiary/aromatic N) is 3. The largest absolute Gasteiger partial charge is 0.528 e. The first-order chi connectivity index (χ1) is 24.5. The molecule has 3 aliphatic heterocycles. The van der Waals surface area contributed by atoms with Gasteiger partial charge in [-0.1, -0.05) is 30.3 Å². The summed E-state index contributed by atoms with van der Waals surface area (Å²) in [6.07, 6.45) is -10.5. The van der Waals surface area contributed by atoms with Crippen molar-refractivity contribution in [3.63, 3.8) is 0 Å². The lowest BCUT2D eigenvalue weighted by Gasteiger charge is -2.40. The molecule has 0 aromatic heterocycles. The van der Waals surface area contributed by atoms with E-state index in [0.717, 1.165) is 24.8 Å². The number of carbonyl (C=O) groups excluding carboxylic acids is 2. The second kappa shape index (κ2) is 14.4. The Kier molecular flexibility index (Phi) is 10.1. The molecule has 17 heteroatoms. The predicted octanol–water partition coefficient (Wildman–Crippen LogP) is 1.70. The highest BCUT2D eigenvalue weighted by molar-refractivity contribution is 6.06. The summed E-state index contributed by atoms with van der Waals surface area (Å²) in [6.45, 7) is -0.433. The highest BCUT2D eigenvalue weighted by Gasteiger charge is 2.60. The summed E-state index contributed by atoms with van der Waals surface area (Å²) in [6, 6.07) is 14.3. The fraction of sp³-hybridized carbons (Fsp3) is 0.412. The Balaban J connectivity index is 1.53. The van der Waals surface area contributed by atoms with E-state index in [4.69, 9.17) is 23.7 Å². The molecule has 3 aromatic carbocycles. The van der Waals surface area contributed by atoms with E-state index in [9.17, 15) is 45.2 Å². The van der Waals surface area contributed by atoms with Crippen molar-refractivity contribution in [2.24, 2.45) is 0 Å². The molecule has 2 unspecified atom stereocenters. The summed E-state index contributed by atoms with van der Waals surface area (Å²) >= 11 is 0. The second-order valence-electron chi connectivity index (χ2n) is 12.3. The van der Waals surface area contributed by atoms with Gasteiger partial charge < -0.3 is 54.1 Å². The maximum Gasteiger partial charge on any atom is 0.528 e. The van der Waals surface area contributed by atoms with E-state index in [1.165, 1.54) is 30.2 Å². The molecule has 272 valence electrons. The summed E-state index contributed by atoms with van der Waals surface area (Å²) in [5.74, 6) is -0.741. The maximum absolute atomic E-state index is 14.3. The van der Waals surface area contributed by atoms with Crippen molar-refractivity contribution in [3.8, 4) is 17.2 Å². The van der Waals surface area contributed by atoms with Crippen LogP contribution in [0.4, 0.5) is 21.9 Å². The number of benzene rings is 3. The van der Waals surface area contributed by atoms with Gasteiger partial charge in [0.1, 0.15) is 42.6 Å². The van der Waals surface area contributed by atoms with Crippen molar-refractivity contribution in [2.75, 3.05) is 27.4 Å². The number of nitro groups is 1. The normalized spacial score (nSPS) is 28.6. The molecule has 2 saturated heterocycles. The Hall–Kier alpha value is -4.88. The molecule has 3 aliphatic rings. The molecule has 6 rings (SSSR count). The minimum Gasteiger partial charge on any atom is -0.493 e. The molecular formula is C34H38N3O14+. The van der Waals surface area contributed by atoms with E-state index in [1.807, 2.05) is 30.3 Å². The SMILES string of the molecule is COC(=O)[N+]1(c2ccc(O[C@@H]3O[C@H](CO)[C@H](O)[C@H](O)[C@H]3O)c([N+](=O)[O-])c2)c2cc(OCc3ccccc3)c(OC)cc2C(=O)N2CCCC2[C@@H]1O. The van der Waals surface area contributed by atoms with Gasteiger partial charge in [-0.25, -0.2) is 0 Å². The van der Waals surface area contributed by atoms with Crippen LogP contribution >= 0.6 is 0 Å². The third kappa shape index (κ3) is 6.12. The zero-order chi connectivity index (χ0) is 36.6. The third-order valence-electron chi connectivity index (χ3n) is 9.53. The standard InChI is InChI=1S/C34H38N3O14/c1-47-25-14-20-23(15-26(25)49-17-18-7-4-3-5-8-18)37(34(44)48-2,32(43)21-9-6-12-35(21)31(20)42)19-10-11-24(22(13-19)36(45)46)50-33-30(41)29(40)28(39)27(16-38)51-33/h3-5,7-8,10-11,13-15,21,27-30,32-33,38-41,43H,6,9,12,16-17H2,1-2H3/q+1/t21?,27-,28+,29+,30-,32+,33-,37?/m1/s1. The van der Waals surface area contributed by atoms with Crippen LogP contribution in [0.25, 0.3) is 0 Å². The van der Waals surface area contributed by atoms with Gasteiger partial charge >= 0.3 is 11.8 Å². The van der Waals surface area contributed by atoms with Crippen LogP contribution in [0.5, 0.6) is 17.2 Å². The molecule has 3 aromatic rings. The van der Waals surface area contributed by atoms with Gasteiger partial charge in [0, 0.05) is 24.7 Å². The molecule has 17 nitrogen and oxygen atoms in total. The quantitative estimate of drug-likeness (QED) is 0.121. The molecule has 0 aliphatic carbocycles. The first kappa shape index (κ1) is 35.9. The van der Waals surface area contributed by atoms with Gasteiger partial charge in [-0.2, -0.15) is 4.79 Å². The van der Waals surface area contributed by atoms with Gasteiger partial charge in [-0.05, 0) is 24.5 Å². The summed E-state index contributed by atoms with van der Waals surface area (Å²) < 4.78 is 26.8. The number of carbonyl (C=O) groups is 2. The topological polar surface area (TPSA) is 228 Å². The number of rotatable bonds is 9. The van der Waals surface area contributed by atoms with Gasteiger partial charge in [0.05, 0.1) is 31.8 Å². The van der Waals surface area contributed by atoms with Gasteiger partial charge in [-0.3, -0.25) is 14.9 Å². The summed E-state index contributed by atoms with van der Waals surface area (Å²) in [5.41, 5.74) is -0.297. The van der Waals surface area contributed by atoms with Crippen molar-refractivity contribution < 1.29 is 63.7 Å². The molecule has 8 atom stereocenters. The predicted molar refractivity (Wildman–Crippen MR) is 175 cm³/mol. The monoisotopic (exact) mass is 712 g/mol. The van der Waals surface area contributed by atoms with E-state index in [2.05, 4.69) is 0 Å². The number of quaternary nitrogens is 1. The molecule has 3 heterocycles. The van der Waals surface area contributed by atoms with Gasteiger partial charge in [0.25, 0.3) is 5.91 Å². The van der Waals surface area contributed by atoms with Crippen LogP contribution in [0.2, 0.25) is 0 Å². The first-order valence-electron chi connectivity index (χ1n) is 16.1. The zero-order valence-electron chi connectivity index (χ0n) is 27.6. The van der Waals surface area contributed by atoms with Gasteiger partial charge in [0.15, 0.2) is 22.9 Å². The molecule has 0 saturated carbocycles. The van der Waals surface area contributed by atoms with Crippen molar-refractivity contribution in [3.05, 3.63) is 81.9 Å². The fourth-order valence-electron chi connectivity index (χ4n) is 6.93. The third-order valence-corrected chi connectivity index (χ3v) is 9.53. The molecule has 0 spiro atoms. The lowest BCUT2D eigenvalue weighted by atomic mass is 9.99. The van der Waals surface area contributed by atoms with Gasteiger partial charge in [-0.15, -0.1) is 4.48 Å². The zero-order valence-corrected chi connectivity index (χ0v) is 27.6. The van der Waals surface area contributed by atoms with E-state index in [0.29, 0.717) is 12.8 Å². The minimum absolute atomic E-state index is 0.0444. The van der Waals surface area contributed by atoms with Crippen LogP contribution in [-0.2, 0) is 16.1 Å². The van der Waals surface area contributed by atoms with Crippen LogP contribution in [-0.4, -0.2) is 118 Å². The fourth-order valence-corrected chi connectivity index (χ4v) is 6.93. The van der Waals surface area contributed by atoms with Crippen LogP contribution in [0.15, 0.2) is 60.7 Å². The molecule has 51 heavy (non-hydrogen) atoms. The molecule has 5 N–H and O–H groups in total. The number of nitro benzene ring substituents is 1. The summed E-state index contributed by atoms with van der Waals surface area (Å²) in [5, 5.41) is 65.3. The number of aliphatic hydroxyl groups is 5. The lowest BCUT2D eigenvalue weighted by Crippen LogP contribution is -2.62. The Labute approximate surface area is 291 Å². The molecular weight excluding hydrogens is 674 g/mol. The Morgan fingerprint density at radius 2 is 1.75 bits per heavy atom. The van der Waals surface area contributed by atoms with Crippen LogP contribution in [0.3, 0.4) is 0 Å². The number of fused-ring (bicyclic) bond motifs is 2. The highest BCUT2D eigenvalue weighted by atomic mass is 16.7. The Bertz CT molecular complexity index is 1790. The molecule has 2 amide bonds. The first-order valence-corrected chi connectivity index (χ1v) is 16.1. The van der Waals surface area contributed by atoms with E-state index >= 15 is 0 Å². The minimum atomic E-state index is -1.88. The van der Waals surface area contributed by atoms with Gasteiger partial charge in [0.2, 0.25) is 18.3 Å². The van der Waals surface area contributed by atoms with E-state index < -0.39 is 82.4 Å². The van der Waals surface area contributed by atoms with Crippen molar-refractivity contribution >= 4 is 29.1 Å². The number of amides is 2. The van der Waals surface area contributed by atoms with E-state index in [-0.39, 0.29) is 41.6 Å². The van der Waals surface area contributed by atoms with E-state index in [1.54, 1.807) is 0 Å². The Morgan fingerprint density at radius 3 is 2.41 bits per heavy atom. The number of hydrogen-bond donors (Lipinski definition) is 5. The highest BCUT2D eigenvalue weighted by Crippen LogP contribution is 2.51. The molecule has 0 bridgehead atoms. The van der Waals surface area contributed by atoms with Crippen LogP contribution in [0.1, 0.15) is 28.8 Å². The lowest BCUT2D eigenvalue weighted by molar-refractivity contribution is -0.387. The van der Waals surface area contributed by atoms with Crippen LogP contribution in [0, 0.1) is 10.1 Å². The average Bonchev–Trinajstić information content (AvgIpc) is 3.62. The summed E-state index contributed by atoms with van der Waals surface area (Å²) in [7, 11) is 2.46. The molecule has 2 fully saturated rings. The average molecular weight is 713 g/mol. The second-order valence-corrected chi connectivity index (χ2v) is 12.3. The van der Waals surface area contributed by atoms with Crippen molar-refractivity contribution in [1.82, 2.24) is 9.38 Å².